The Morgan fingerprint density at radius 1 is 1.47 bits per heavy atom. The van der Waals surface area contributed by atoms with E-state index in [1.807, 2.05) is 20.8 Å². The highest BCUT2D eigenvalue weighted by Gasteiger charge is 2.28. The van der Waals surface area contributed by atoms with Gasteiger partial charge >= 0.3 is 0 Å². The van der Waals surface area contributed by atoms with Gasteiger partial charge in [0.05, 0.1) is 6.10 Å². The minimum Gasteiger partial charge on any atom is -0.389 e. The van der Waals surface area contributed by atoms with E-state index in [1.54, 1.807) is 13.1 Å². The van der Waals surface area contributed by atoms with E-state index in [0.29, 0.717) is 12.4 Å². The highest BCUT2D eigenvalue weighted by molar-refractivity contribution is 5.20. The Morgan fingerprint density at radius 2 is 2.12 bits per heavy atom. The SMILES string of the molecule is CCOC(C)(CC)c1ncc([C@@H](C)O)c(C)n1. The number of rotatable bonds is 5. The third-order valence-corrected chi connectivity index (χ3v) is 3.08. The molecule has 0 spiro atoms. The molecule has 1 rings (SSSR count). The van der Waals surface area contributed by atoms with Gasteiger partial charge in [0.15, 0.2) is 5.82 Å². The van der Waals surface area contributed by atoms with Crippen LogP contribution in [0.25, 0.3) is 0 Å². The van der Waals surface area contributed by atoms with Crippen LogP contribution in [0.4, 0.5) is 0 Å². The first kappa shape index (κ1) is 14.1. The molecule has 0 radical (unpaired) electrons. The van der Waals surface area contributed by atoms with Crippen molar-refractivity contribution in [1.29, 1.82) is 0 Å². The van der Waals surface area contributed by atoms with Crippen molar-refractivity contribution in [3.63, 3.8) is 0 Å². The number of aliphatic hydroxyl groups excluding tert-OH is 1. The fraction of sp³-hybridized carbons (Fsp3) is 0.692. The second-order valence-corrected chi connectivity index (χ2v) is 4.43. The number of nitrogens with zero attached hydrogens (tertiary/aromatic N) is 2. The standard InChI is InChI=1S/C13H22N2O2/c1-6-13(5,17-7-2)12-14-8-11(10(4)16)9(3)15-12/h8,10,16H,6-7H2,1-5H3/t10-,13?/m1/s1. The molecule has 0 saturated carbocycles. The Hall–Kier alpha value is -1.00. The third-order valence-electron chi connectivity index (χ3n) is 3.08. The molecule has 4 nitrogen and oxygen atoms in total. The molecule has 1 heterocycles. The van der Waals surface area contributed by atoms with E-state index in [1.165, 1.54) is 0 Å². The largest absolute Gasteiger partial charge is 0.389 e. The number of hydrogen-bond donors (Lipinski definition) is 1. The second-order valence-electron chi connectivity index (χ2n) is 4.43. The second kappa shape index (κ2) is 5.56. The van der Waals surface area contributed by atoms with Crippen LogP contribution in [0.15, 0.2) is 6.20 Å². The van der Waals surface area contributed by atoms with Crippen LogP contribution >= 0.6 is 0 Å². The molecule has 0 bridgehead atoms. The van der Waals surface area contributed by atoms with E-state index in [-0.39, 0.29) is 0 Å². The molecular formula is C13H22N2O2. The van der Waals surface area contributed by atoms with Gasteiger partial charge in [-0.25, -0.2) is 9.97 Å². The molecule has 1 aromatic heterocycles. The summed E-state index contributed by atoms with van der Waals surface area (Å²) in [5, 5.41) is 9.55. The van der Waals surface area contributed by atoms with Gasteiger partial charge in [-0.05, 0) is 34.1 Å². The molecule has 0 aromatic carbocycles. The zero-order valence-corrected chi connectivity index (χ0v) is 11.3. The molecule has 2 atom stereocenters. The van der Waals surface area contributed by atoms with E-state index in [9.17, 15) is 5.11 Å². The summed E-state index contributed by atoms with van der Waals surface area (Å²) in [7, 11) is 0. The van der Waals surface area contributed by atoms with Crippen LogP contribution < -0.4 is 0 Å². The molecule has 1 unspecified atom stereocenters. The molecule has 0 fully saturated rings. The summed E-state index contributed by atoms with van der Waals surface area (Å²) in [6.45, 7) is 10.2. The van der Waals surface area contributed by atoms with Crippen LogP contribution in [-0.4, -0.2) is 21.7 Å². The Morgan fingerprint density at radius 3 is 2.53 bits per heavy atom. The quantitative estimate of drug-likeness (QED) is 0.856. The molecule has 1 aromatic rings. The van der Waals surface area contributed by atoms with Gasteiger partial charge in [0, 0.05) is 24.1 Å². The van der Waals surface area contributed by atoms with Crippen LogP contribution in [0.2, 0.25) is 0 Å². The third kappa shape index (κ3) is 3.01. The van der Waals surface area contributed by atoms with Crippen molar-refractivity contribution in [2.75, 3.05) is 6.61 Å². The average molecular weight is 238 g/mol. The average Bonchev–Trinajstić information content (AvgIpc) is 2.28. The minimum absolute atomic E-state index is 0.448. The summed E-state index contributed by atoms with van der Waals surface area (Å²) in [6.07, 6.45) is 1.97. The molecule has 0 aliphatic heterocycles. The minimum atomic E-state index is -0.538. The maximum atomic E-state index is 9.55. The van der Waals surface area contributed by atoms with E-state index in [0.717, 1.165) is 17.7 Å². The monoisotopic (exact) mass is 238 g/mol. The first-order valence-electron chi connectivity index (χ1n) is 6.10. The van der Waals surface area contributed by atoms with Gasteiger partial charge in [-0.2, -0.15) is 0 Å². The van der Waals surface area contributed by atoms with Crippen molar-refractivity contribution in [3.05, 3.63) is 23.3 Å². The molecule has 4 heteroatoms. The Kier molecular flexibility index (Phi) is 4.60. The smallest absolute Gasteiger partial charge is 0.160 e. The molecule has 0 aliphatic rings. The number of aryl methyl sites for hydroxylation is 1. The van der Waals surface area contributed by atoms with Gasteiger partial charge in [0.1, 0.15) is 5.60 Å². The van der Waals surface area contributed by atoms with Gasteiger partial charge in [-0.3, -0.25) is 0 Å². The van der Waals surface area contributed by atoms with Crippen LogP contribution in [0, 0.1) is 6.92 Å². The maximum Gasteiger partial charge on any atom is 0.160 e. The van der Waals surface area contributed by atoms with Crippen LogP contribution in [0.1, 0.15) is 57.3 Å². The van der Waals surface area contributed by atoms with Gasteiger partial charge < -0.3 is 9.84 Å². The van der Waals surface area contributed by atoms with Crippen molar-refractivity contribution in [1.82, 2.24) is 9.97 Å². The molecule has 1 N–H and O–H groups in total. The molecule has 0 amide bonds. The van der Waals surface area contributed by atoms with Crippen LogP contribution in [-0.2, 0) is 10.3 Å². The van der Waals surface area contributed by atoms with Crippen LogP contribution in [0.3, 0.4) is 0 Å². The first-order chi connectivity index (χ1) is 7.94. The molecule has 0 aliphatic carbocycles. The summed E-state index contributed by atoms with van der Waals surface area (Å²) in [5.41, 5.74) is 1.13. The Bertz CT molecular complexity index is 380. The summed E-state index contributed by atoms with van der Waals surface area (Å²) >= 11 is 0. The molecular weight excluding hydrogens is 216 g/mol. The van der Waals surface area contributed by atoms with Crippen molar-refractivity contribution < 1.29 is 9.84 Å². The van der Waals surface area contributed by atoms with Crippen molar-refractivity contribution in [2.45, 2.75) is 52.7 Å². The van der Waals surface area contributed by atoms with E-state index >= 15 is 0 Å². The van der Waals surface area contributed by atoms with E-state index in [2.05, 4.69) is 16.9 Å². The molecule has 96 valence electrons. The zero-order valence-electron chi connectivity index (χ0n) is 11.3. The number of aromatic nitrogens is 2. The van der Waals surface area contributed by atoms with Crippen molar-refractivity contribution in [3.8, 4) is 0 Å². The lowest BCUT2D eigenvalue weighted by atomic mass is 10.0. The van der Waals surface area contributed by atoms with Crippen molar-refractivity contribution >= 4 is 0 Å². The molecule has 0 saturated heterocycles. The maximum absolute atomic E-state index is 9.55. The fourth-order valence-corrected chi connectivity index (χ4v) is 1.78. The highest BCUT2D eigenvalue weighted by atomic mass is 16.5. The van der Waals surface area contributed by atoms with E-state index in [4.69, 9.17) is 4.74 Å². The fourth-order valence-electron chi connectivity index (χ4n) is 1.78. The zero-order chi connectivity index (χ0) is 13.1. The van der Waals surface area contributed by atoms with Gasteiger partial charge in [0.25, 0.3) is 0 Å². The van der Waals surface area contributed by atoms with E-state index < -0.39 is 11.7 Å². The van der Waals surface area contributed by atoms with Crippen molar-refractivity contribution in [2.24, 2.45) is 0 Å². The normalized spacial score (nSPS) is 16.6. The summed E-state index contributed by atoms with van der Waals surface area (Å²) in [5.74, 6) is 0.684. The first-order valence-corrected chi connectivity index (χ1v) is 6.10. The van der Waals surface area contributed by atoms with Gasteiger partial charge in [0.2, 0.25) is 0 Å². The summed E-state index contributed by atoms with van der Waals surface area (Å²) in [4.78, 5) is 8.79. The lowest BCUT2D eigenvalue weighted by molar-refractivity contribution is -0.0392. The topological polar surface area (TPSA) is 55.2 Å². The predicted octanol–water partition coefficient (Wildman–Crippen LogP) is 2.50. The lowest BCUT2D eigenvalue weighted by Crippen LogP contribution is -2.28. The Balaban J connectivity index is 3.11. The number of aliphatic hydroxyl groups is 1. The predicted molar refractivity (Wildman–Crippen MR) is 66.7 cm³/mol. The van der Waals surface area contributed by atoms with Gasteiger partial charge in [-0.1, -0.05) is 6.92 Å². The van der Waals surface area contributed by atoms with Crippen LogP contribution in [0.5, 0.6) is 0 Å². The Labute approximate surface area is 103 Å². The summed E-state index contributed by atoms with van der Waals surface area (Å²) in [6, 6.07) is 0. The lowest BCUT2D eigenvalue weighted by Gasteiger charge is -2.27. The number of hydrogen-bond acceptors (Lipinski definition) is 4. The van der Waals surface area contributed by atoms with Gasteiger partial charge in [-0.15, -0.1) is 0 Å². The summed E-state index contributed by atoms with van der Waals surface area (Å²) < 4.78 is 5.73. The number of ether oxygens (including phenoxy) is 1. The highest BCUT2D eigenvalue weighted by Crippen LogP contribution is 2.27. The molecule has 17 heavy (non-hydrogen) atoms.